The van der Waals surface area contributed by atoms with Gasteiger partial charge >= 0.3 is 0 Å². The van der Waals surface area contributed by atoms with Crippen LogP contribution in [-0.2, 0) is 19.9 Å². The molecule has 1 saturated heterocycles. The van der Waals surface area contributed by atoms with Crippen molar-refractivity contribution in [1.82, 2.24) is 10.0 Å². The molecule has 1 atom stereocenters. The number of rotatable bonds is 6. The lowest BCUT2D eigenvalue weighted by molar-refractivity contribution is 0.376. The number of piperidine rings is 1. The van der Waals surface area contributed by atoms with Gasteiger partial charge in [-0.1, -0.05) is 13.0 Å². The molecule has 0 amide bonds. The quantitative estimate of drug-likeness (QED) is 0.793. The van der Waals surface area contributed by atoms with Crippen LogP contribution in [-0.4, -0.2) is 42.2 Å². The fourth-order valence-corrected chi connectivity index (χ4v) is 4.57. The van der Waals surface area contributed by atoms with Crippen molar-refractivity contribution < 1.29 is 16.8 Å². The second kappa shape index (κ2) is 7.08. The van der Waals surface area contributed by atoms with Gasteiger partial charge in [-0.05, 0) is 50.0 Å². The Morgan fingerprint density at radius 1 is 1.23 bits per heavy atom. The van der Waals surface area contributed by atoms with Gasteiger partial charge in [0.15, 0.2) is 9.84 Å². The van der Waals surface area contributed by atoms with E-state index in [1.54, 1.807) is 0 Å². The molecule has 1 heterocycles. The monoisotopic (exact) mass is 346 g/mol. The van der Waals surface area contributed by atoms with Gasteiger partial charge in [0.05, 0.1) is 15.5 Å². The SMILES string of the molecule is CCS(=O)(=O)c1cccc(S(=O)(=O)NCC2CCCNC2)c1. The molecule has 0 saturated carbocycles. The highest BCUT2D eigenvalue weighted by atomic mass is 32.2. The molecule has 2 N–H and O–H groups in total. The predicted molar refractivity (Wildman–Crippen MR) is 85.0 cm³/mol. The van der Waals surface area contributed by atoms with E-state index in [0.717, 1.165) is 25.9 Å². The van der Waals surface area contributed by atoms with Crippen LogP contribution in [0.15, 0.2) is 34.1 Å². The zero-order chi connectivity index (χ0) is 16.2. The van der Waals surface area contributed by atoms with Gasteiger partial charge in [-0.25, -0.2) is 21.6 Å². The number of benzene rings is 1. The van der Waals surface area contributed by atoms with E-state index in [-0.39, 0.29) is 21.5 Å². The Balaban J connectivity index is 2.13. The van der Waals surface area contributed by atoms with Crippen LogP contribution in [0.2, 0.25) is 0 Å². The first-order chi connectivity index (χ1) is 10.3. The molecular formula is C14H22N2O4S2. The summed E-state index contributed by atoms with van der Waals surface area (Å²) in [6.45, 7) is 3.66. The van der Waals surface area contributed by atoms with Crippen LogP contribution in [0.5, 0.6) is 0 Å². The summed E-state index contributed by atoms with van der Waals surface area (Å²) in [4.78, 5) is 0.0306. The average molecular weight is 346 g/mol. The molecule has 1 aromatic carbocycles. The highest BCUT2D eigenvalue weighted by Gasteiger charge is 2.20. The van der Waals surface area contributed by atoms with Gasteiger partial charge in [0, 0.05) is 6.54 Å². The van der Waals surface area contributed by atoms with E-state index in [9.17, 15) is 16.8 Å². The largest absolute Gasteiger partial charge is 0.316 e. The summed E-state index contributed by atoms with van der Waals surface area (Å²) < 4.78 is 50.9. The molecule has 1 unspecified atom stereocenters. The predicted octanol–water partition coefficient (Wildman–Crippen LogP) is 0.758. The molecule has 1 aromatic rings. The van der Waals surface area contributed by atoms with Crippen molar-refractivity contribution in [2.24, 2.45) is 5.92 Å². The number of hydrogen-bond donors (Lipinski definition) is 2. The molecule has 8 heteroatoms. The van der Waals surface area contributed by atoms with Crippen LogP contribution in [0, 0.1) is 5.92 Å². The van der Waals surface area contributed by atoms with Crippen molar-refractivity contribution in [1.29, 1.82) is 0 Å². The molecule has 0 radical (unpaired) electrons. The maximum absolute atomic E-state index is 12.3. The van der Waals surface area contributed by atoms with Crippen molar-refractivity contribution >= 4 is 19.9 Å². The van der Waals surface area contributed by atoms with Crippen molar-refractivity contribution in [3.05, 3.63) is 24.3 Å². The van der Waals surface area contributed by atoms with Crippen LogP contribution in [0.3, 0.4) is 0 Å². The molecule has 1 aliphatic heterocycles. The third-order valence-corrected chi connectivity index (χ3v) is 6.97. The van der Waals surface area contributed by atoms with Crippen molar-refractivity contribution in [2.75, 3.05) is 25.4 Å². The molecule has 6 nitrogen and oxygen atoms in total. The molecular weight excluding hydrogens is 324 g/mol. The molecule has 2 rings (SSSR count). The molecule has 22 heavy (non-hydrogen) atoms. The van der Waals surface area contributed by atoms with E-state index in [0.29, 0.717) is 6.54 Å². The number of hydrogen-bond acceptors (Lipinski definition) is 5. The Bertz CT molecular complexity index is 708. The summed E-state index contributed by atoms with van der Waals surface area (Å²) in [5.41, 5.74) is 0. The molecule has 124 valence electrons. The van der Waals surface area contributed by atoms with Crippen LogP contribution < -0.4 is 10.0 Å². The second-order valence-corrected chi connectivity index (χ2v) is 9.49. The van der Waals surface area contributed by atoms with Crippen molar-refractivity contribution in [3.63, 3.8) is 0 Å². The summed E-state index contributed by atoms with van der Waals surface area (Å²) in [6.07, 6.45) is 2.02. The smallest absolute Gasteiger partial charge is 0.240 e. The zero-order valence-corrected chi connectivity index (χ0v) is 14.2. The van der Waals surface area contributed by atoms with Gasteiger partial charge in [-0.3, -0.25) is 0 Å². The van der Waals surface area contributed by atoms with E-state index in [1.807, 2.05) is 0 Å². The maximum Gasteiger partial charge on any atom is 0.240 e. The number of sulfonamides is 1. The van der Waals surface area contributed by atoms with Gasteiger partial charge in [0.1, 0.15) is 0 Å². The lowest BCUT2D eigenvalue weighted by Gasteiger charge is -2.22. The third kappa shape index (κ3) is 4.28. The maximum atomic E-state index is 12.3. The number of nitrogens with one attached hydrogen (secondary N) is 2. The van der Waals surface area contributed by atoms with E-state index in [1.165, 1.54) is 31.2 Å². The summed E-state index contributed by atoms with van der Waals surface area (Å²) in [5, 5.41) is 3.23. The van der Waals surface area contributed by atoms with Gasteiger partial charge in [0.2, 0.25) is 10.0 Å². The minimum Gasteiger partial charge on any atom is -0.316 e. The Labute approximate surface area is 132 Å². The molecule has 1 aliphatic rings. The molecule has 0 spiro atoms. The van der Waals surface area contributed by atoms with Gasteiger partial charge in [-0.2, -0.15) is 0 Å². The van der Waals surface area contributed by atoms with Crippen molar-refractivity contribution in [2.45, 2.75) is 29.6 Å². The van der Waals surface area contributed by atoms with Gasteiger partial charge < -0.3 is 5.32 Å². The molecule has 0 aliphatic carbocycles. The van der Waals surface area contributed by atoms with E-state index >= 15 is 0 Å². The lowest BCUT2D eigenvalue weighted by Crippen LogP contribution is -2.38. The van der Waals surface area contributed by atoms with Crippen LogP contribution in [0.4, 0.5) is 0 Å². The van der Waals surface area contributed by atoms with Gasteiger partial charge in [0.25, 0.3) is 0 Å². The van der Waals surface area contributed by atoms with Crippen molar-refractivity contribution in [3.8, 4) is 0 Å². The number of sulfone groups is 1. The van der Waals surface area contributed by atoms with Crippen LogP contribution >= 0.6 is 0 Å². The molecule has 0 bridgehead atoms. The van der Waals surface area contributed by atoms with Crippen LogP contribution in [0.25, 0.3) is 0 Å². The van der Waals surface area contributed by atoms with E-state index in [4.69, 9.17) is 0 Å². The van der Waals surface area contributed by atoms with Crippen LogP contribution in [0.1, 0.15) is 19.8 Å². The Morgan fingerprint density at radius 2 is 1.95 bits per heavy atom. The molecule has 1 fully saturated rings. The summed E-state index contributed by atoms with van der Waals surface area (Å²) >= 11 is 0. The first-order valence-corrected chi connectivity index (χ1v) is 10.5. The standard InChI is InChI=1S/C14H22N2O4S2/c1-2-21(17,18)13-6-3-7-14(9-13)22(19,20)16-11-12-5-4-8-15-10-12/h3,6-7,9,12,15-16H,2,4-5,8,10-11H2,1H3. The normalized spacial score (nSPS) is 20.0. The second-order valence-electron chi connectivity index (χ2n) is 5.44. The minimum absolute atomic E-state index is 0.00852. The zero-order valence-electron chi connectivity index (χ0n) is 12.6. The van der Waals surface area contributed by atoms with Gasteiger partial charge in [-0.15, -0.1) is 0 Å². The fourth-order valence-electron chi connectivity index (χ4n) is 2.41. The topological polar surface area (TPSA) is 92.3 Å². The average Bonchev–Trinajstić information content (AvgIpc) is 2.54. The third-order valence-electron chi connectivity index (χ3n) is 3.82. The fraction of sp³-hybridized carbons (Fsp3) is 0.571. The summed E-state index contributed by atoms with van der Waals surface area (Å²) in [5.74, 6) is 0.212. The Kier molecular flexibility index (Phi) is 5.60. The Hall–Kier alpha value is -0.960. The highest BCUT2D eigenvalue weighted by molar-refractivity contribution is 7.91. The Morgan fingerprint density at radius 3 is 2.59 bits per heavy atom. The summed E-state index contributed by atoms with van der Waals surface area (Å²) in [6, 6.07) is 5.51. The first kappa shape index (κ1) is 17.4. The van der Waals surface area contributed by atoms with E-state index in [2.05, 4.69) is 10.0 Å². The summed E-state index contributed by atoms with van der Waals surface area (Å²) in [7, 11) is -7.11. The molecule has 0 aromatic heterocycles. The lowest BCUT2D eigenvalue weighted by atomic mass is 10.0. The first-order valence-electron chi connectivity index (χ1n) is 7.38. The highest BCUT2D eigenvalue weighted by Crippen LogP contribution is 2.17. The van der Waals surface area contributed by atoms with E-state index < -0.39 is 19.9 Å². The minimum atomic E-state index is -3.69.